The second-order valence-corrected chi connectivity index (χ2v) is 9.98. The van der Waals surface area contributed by atoms with Gasteiger partial charge in [-0.2, -0.15) is 5.10 Å². The Hall–Kier alpha value is -3.26. The maximum absolute atomic E-state index is 11.2. The molecule has 1 aromatic heterocycles. The van der Waals surface area contributed by atoms with E-state index in [1.165, 1.54) is 44.5 Å². The molecule has 2 fully saturated rings. The molecule has 1 unspecified atom stereocenters. The van der Waals surface area contributed by atoms with E-state index in [4.69, 9.17) is 15.2 Å². The van der Waals surface area contributed by atoms with Gasteiger partial charge in [0.15, 0.2) is 11.5 Å². The van der Waals surface area contributed by atoms with Crippen LogP contribution in [0.15, 0.2) is 42.6 Å². The fraction of sp³-hybridized carbons (Fsp3) is 0.500. The van der Waals surface area contributed by atoms with Gasteiger partial charge in [-0.25, -0.2) is 0 Å². The van der Waals surface area contributed by atoms with Gasteiger partial charge in [0.1, 0.15) is 13.2 Å². The van der Waals surface area contributed by atoms with Crippen molar-refractivity contribution in [2.75, 3.05) is 50.8 Å². The molecule has 36 heavy (non-hydrogen) atoms. The number of aromatic nitrogens is 2. The minimum Gasteiger partial charge on any atom is -0.486 e. The molecule has 4 heterocycles. The zero-order chi connectivity index (χ0) is 24.9. The summed E-state index contributed by atoms with van der Waals surface area (Å²) in [7, 11) is 1.93. The van der Waals surface area contributed by atoms with Crippen molar-refractivity contribution in [2.24, 2.45) is 18.7 Å². The molecule has 0 spiro atoms. The maximum Gasteiger partial charge on any atom is 0.222 e. The molecule has 6 rings (SSSR count). The first-order valence-electron chi connectivity index (χ1n) is 13.1. The van der Waals surface area contributed by atoms with Crippen molar-refractivity contribution in [1.82, 2.24) is 14.7 Å². The molecule has 0 bridgehead atoms. The fourth-order valence-electron chi connectivity index (χ4n) is 5.31. The Kier molecular flexibility index (Phi) is 7.60. The van der Waals surface area contributed by atoms with Gasteiger partial charge in [-0.15, -0.1) is 0 Å². The van der Waals surface area contributed by atoms with Gasteiger partial charge in [-0.3, -0.25) is 9.48 Å². The SMILES string of the molecule is Cn1ncc2ccc(N3CCC(C(N)=O)C3)cc21.c1cc2c(cc1CCCN1CCCC1)OCCO2. The second-order valence-electron chi connectivity index (χ2n) is 9.98. The molecule has 1 atom stereocenters. The van der Waals surface area contributed by atoms with Crippen LogP contribution in [0.4, 0.5) is 5.69 Å². The van der Waals surface area contributed by atoms with E-state index >= 15 is 0 Å². The third-order valence-electron chi connectivity index (χ3n) is 7.43. The van der Waals surface area contributed by atoms with Crippen molar-refractivity contribution >= 4 is 22.5 Å². The summed E-state index contributed by atoms with van der Waals surface area (Å²) in [4.78, 5) is 16.0. The van der Waals surface area contributed by atoms with E-state index in [1.807, 2.05) is 24.0 Å². The molecule has 8 nitrogen and oxygen atoms in total. The van der Waals surface area contributed by atoms with E-state index in [2.05, 4.69) is 45.2 Å². The van der Waals surface area contributed by atoms with E-state index in [9.17, 15) is 4.79 Å². The van der Waals surface area contributed by atoms with Gasteiger partial charge >= 0.3 is 0 Å². The molecule has 192 valence electrons. The lowest BCUT2D eigenvalue weighted by atomic mass is 10.1. The Bertz CT molecular complexity index is 1190. The Labute approximate surface area is 212 Å². The van der Waals surface area contributed by atoms with Gasteiger partial charge in [0, 0.05) is 31.2 Å². The maximum atomic E-state index is 11.2. The van der Waals surface area contributed by atoms with E-state index in [0.29, 0.717) is 13.2 Å². The van der Waals surface area contributed by atoms with Crippen molar-refractivity contribution in [3.05, 3.63) is 48.2 Å². The van der Waals surface area contributed by atoms with E-state index < -0.39 is 0 Å². The minimum absolute atomic E-state index is 0.0211. The summed E-state index contributed by atoms with van der Waals surface area (Å²) < 4.78 is 13.0. The van der Waals surface area contributed by atoms with Crippen molar-refractivity contribution in [3.8, 4) is 11.5 Å². The fourth-order valence-corrected chi connectivity index (χ4v) is 5.31. The van der Waals surface area contributed by atoms with E-state index in [-0.39, 0.29) is 11.8 Å². The van der Waals surface area contributed by atoms with E-state index in [1.54, 1.807) is 0 Å². The summed E-state index contributed by atoms with van der Waals surface area (Å²) in [5.41, 5.74) is 8.96. The van der Waals surface area contributed by atoms with Crippen LogP contribution in [0.2, 0.25) is 0 Å². The molecular weight excluding hydrogens is 454 g/mol. The molecule has 3 aromatic rings. The zero-order valence-corrected chi connectivity index (χ0v) is 21.2. The summed E-state index contributed by atoms with van der Waals surface area (Å²) in [6.07, 6.45) is 7.83. The smallest absolute Gasteiger partial charge is 0.222 e. The summed E-state index contributed by atoms with van der Waals surface area (Å²) >= 11 is 0. The number of primary amides is 1. The van der Waals surface area contributed by atoms with Crippen LogP contribution >= 0.6 is 0 Å². The summed E-state index contributed by atoms with van der Waals surface area (Å²) in [5.74, 6) is 1.59. The van der Waals surface area contributed by atoms with Crippen LogP contribution in [0.1, 0.15) is 31.2 Å². The van der Waals surface area contributed by atoms with Crippen molar-refractivity contribution in [3.63, 3.8) is 0 Å². The van der Waals surface area contributed by atoms with Crippen LogP contribution in [0.25, 0.3) is 10.9 Å². The zero-order valence-electron chi connectivity index (χ0n) is 21.2. The number of benzene rings is 2. The number of hydrogen-bond acceptors (Lipinski definition) is 6. The molecule has 0 aliphatic carbocycles. The molecule has 0 saturated carbocycles. The van der Waals surface area contributed by atoms with Gasteiger partial charge in [-0.1, -0.05) is 6.07 Å². The number of rotatable bonds is 6. The summed E-state index contributed by atoms with van der Waals surface area (Å²) in [5, 5.41) is 5.36. The standard InChI is InChI=1S/C15H21NO2.C13H16N4O/c1-2-8-16(7-1)9-3-4-13-5-6-14-15(12-13)18-11-10-17-14;1-16-12-6-11(3-2-9(12)7-15-16)17-5-4-10(8-17)13(14)18/h5-6,12H,1-4,7-11H2;2-3,6-7,10H,4-5,8H2,1H3,(H2,14,18). The Morgan fingerprint density at radius 2 is 1.86 bits per heavy atom. The van der Waals surface area contributed by atoms with Crippen LogP contribution in [-0.4, -0.2) is 66.5 Å². The van der Waals surface area contributed by atoms with Crippen LogP contribution in [-0.2, 0) is 18.3 Å². The molecule has 2 aromatic carbocycles. The highest BCUT2D eigenvalue weighted by molar-refractivity contribution is 5.83. The molecular formula is C28H37N5O3. The van der Waals surface area contributed by atoms with Crippen molar-refractivity contribution in [1.29, 1.82) is 0 Å². The van der Waals surface area contributed by atoms with Crippen LogP contribution in [0.3, 0.4) is 0 Å². The first kappa shape index (κ1) is 24.4. The number of fused-ring (bicyclic) bond motifs is 2. The predicted octanol–water partition coefficient (Wildman–Crippen LogP) is 3.37. The molecule has 3 aliphatic heterocycles. The molecule has 2 N–H and O–H groups in total. The normalized spacial score (nSPS) is 19.4. The first-order valence-corrected chi connectivity index (χ1v) is 13.1. The van der Waals surface area contributed by atoms with Crippen LogP contribution in [0, 0.1) is 5.92 Å². The lowest BCUT2D eigenvalue weighted by Gasteiger charge is -2.19. The lowest BCUT2D eigenvalue weighted by molar-refractivity contribution is -0.121. The minimum atomic E-state index is -0.195. The number of carbonyl (C=O) groups is 1. The number of nitrogens with two attached hydrogens (primary N) is 1. The number of anilines is 1. The highest BCUT2D eigenvalue weighted by Crippen LogP contribution is 2.31. The third kappa shape index (κ3) is 5.75. The van der Waals surface area contributed by atoms with Crippen molar-refractivity contribution in [2.45, 2.75) is 32.1 Å². The lowest BCUT2D eigenvalue weighted by Crippen LogP contribution is -2.27. The number of hydrogen-bond donors (Lipinski definition) is 1. The average molecular weight is 492 g/mol. The second kappa shape index (κ2) is 11.2. The molecule has 8 heteroatoms. The Morgan fingerprint density at radius 1 is 1.06 bits per heavy atom. The highest BCUT2D eigenvalue weighted by atomic mass is 16.6. The Balaban J connectivity index is 0.000000148. The number of amides is 1. The average Bonchev–Trinajstić information content (AvgIpc) is 3.66. The summed E-state index contributed by atoms with van der Waals surface area (Å²) in [6, 6.07) is 12.6. The number of nitrogens with zero attached hydrogens (tertiary/aromatic N) is 4. The molecule has 0 radical (unpaired) electrons. The summed E-state index contributed by atoms with van der Waals surface area (Å²) in [6.45, 7) is 6.76. The monoisotopic (exact) mass is 491 g/mol. The van der Waals surface area contributed by atoms with Gasteiger partial charge in [-0.05, 0) is 87.6 Å². The number of ether oxygens (including phenoxy) is 2. The van der Waals surface area contributed by atoms with E-state index in [0.717, 1.165) is 54.0 Å². The predicted molar refractivity (Wildman–Crippen MR) is 142 cm³/mol. The van der Waals surface area contributed by atoms with Gasteiger partial charge in [0.25, 0.3) is 0 Å². The number of likely N-dealkylation sites (tertiary alicyclic amines) is 1. The largest absolute Gasteiger partial charge is 0.486 e. The van der Waals surface area contributed by atoms with Gasteiger partial charge in [0.2, 0.25) is 5.91 Å². The third-order valence-corrected chi connectivity index (χ3v) is 7.43. The number of aryl methyl sites for hydroxylation is 2. The van der Waals surface area contributed by atoms with Gasteiger partial charge in [0.05, 0.1) is 17.6 Å². The quantitative estimate of drug-likeness (QED) is 0.569. The Morgan fingerprint density at radius 3 is 2.64 bits per heavy atom. The van der Waals surface area contributed by atoms with Gasteiger partial charge < -0.3 is 25.0 Å². The molecule has 2 saturated heterocycles. The van der Waals surface area contributed by atoms with Crippen molar-refractivity contribution < 1.29 is 14.3 Å². The first-order chi connectivity index (χ1) is 17.6. The van der Waals surface area contributed by atoms with Crippen LogP contribution in [0.5, 0.6) is 11.5 Å². The molecule has 1 amide bonds. The number of carbonyl (C=O) groups excluding carboxylic acids is 1. The highest BCUT2D eigenvalue weighted by Gasteiger charge is 2.26. The van der Waals surface area contributed by atoms with Crippen LogP contribution < -0.4 is 20.1 Å². The molecule has 3 aliphatic rings. The topological polar surface area (TPSA) is 85.9 Å².